The molecule has 0 spiro atoms. The first kappa shape index (κ1) is 11.1. The van der Waals surface area contributed by atoms with Crippen LogP contribution in [0, 0.1) is 0 Å². The van der Waals surface area contributed by atoms with Gasteiger partial charge in [0.15, 0.2) is 0 Å². The molecule has 3 heteroatoms. The normalized spacial score (nSPS) is 20.5. The molecular weight excluding hydrogens is 200 g/mol. The van der Waals surface area contributed by atoms with Gasteiger partial charge in [-0.25, -0.2) is 0 Å². The number of nitrogens with one attached hydrogen (secondary N) is 1. The molecule has 0 unspecified atom stereocenters. The summed E-state index contributed by atoms with van der Waals surface area (Å²) in [5.41, 5.74) is 1.14. The molecule has 1 aromatic carbocycles. The van der Waals surface area contributed by atoms with Gasteiger partial charge in [0.1, 0.15) is 0 Å². The Balaban J connectivity index is 2.03. The van der Waals surface area contributed by atoms with E-state index in [1.807, 2.05) is 18.2 Å². The standard InChI is InChI=1S/C13H18N2O/c1-13(2)10-15(9-12(16)14-13)8-11-6-4-3-5-7-11/h3-7H,8-10H2,1-2H3,(H,14,16). The van der Waals surface area contributed by atoms with E-state index < -0.39 is 0 Å². The molecular formula is C13H18N2O. The summed E-state index contributed by atoms with van der Waals surface area (Å²) < 4.78 is 0. The van der Waals surface area contributed by atoms with Crippen LogP contribution in [0.15, 0.2) is 30.3 Å². The highest BCUT2D eigenvalue weighted by molar-refractivity contribution is 5.79. The van der Waals surface area contributed by atoms with Gasteiger partial charge < -0.3 is 5.32 Å². The van der Waals surface area contributed by atoms with Gasteiger partial charge in [-0.1, -0.05) is 30.3 Å². The van der Waals surface area contributed by atoms with E-state index in [9.17, 15) is 4.79 Å². The summed E-state index contributed by atoms with van der Waals surface area (Å²) in [6.45, 7) is 6.35. The van der Waals surface area contributed by atoms with Crippen molar-refractivity contribution in [3.05, 3.63) is 35.9 Å². The van der Waals surface area contributed by atoms with Crippen LogP contribution in [0.2, 0.25) is 0 Å². The number of benzene rings is 1. The third-order valence-electron chi connectivity index (χ3n) is 2.71. The van der Waals surface area contributed by atoms with Crippen molar-refractivity contribution < 1.29 is 4.79 Å². The fourth-order valence-corrected chi connectivity index (χ4v) is 2.23. The van der Waals surface area contributed by atoms with Crippen LogP contribution < -0.4 is 5.32 Å². The SMILES string of the molecule is CC1(C)CN(Cc2ccccc2)CC(=O)N1. The second kappa shape index (κ2) is 4.26. The van der Waals surface area contributed by atoms with Gasteiger partial charge in [0, 0.05) is 18.6 Å². The zero-order valence-corrected chi connectivity index (χ0v) is 9.86. The molecule has 1 amide bonds. The number of carbonyl (C=O) groups excluding carboxylic acids is 1. The number of carbonyl (C=O) groups is 1. The Kier molecular flexibility index (Phi) is 2.97. The largest absolute Gasteiger partial charge is 0.349 e. The minimum Gasteiger partial charge on any atom is -0.349 e. The van der Waals surface area contributed by atoms with Gasteiger partial charge in [0.2, 0.25) is 5.91 Å². The molecule has 2 rings (SSSR count). The van der Waals surface area contributed by atoms with Crippen molar-refractivity contribution in [2.45, 2.75) is 25.9 Å². The summed E-state index contributed by atoms with van der Waals surface area (Å²) >= 11 is 0. The van der Waals surface area contributed by atoms with Gasteiger partial charge in [0.05, 0.1) is 6.54 Å². The highest BCUT2D eigenvalue weighted by atomic mass is 16.2. The van der Waals surface area contributed by atoms with Crippen molar-refractivity contribution in [1.82, 2.24) is 10.2 Å². The lowest BCUT2D eigenvalue weighted by Crippen LogP contribution is -2.59. The van der Waals surface area contributed by atoms with Crippen molar-refractivity contribution in [3.63, 3.8) is 0 Å². The lowest BCUT2D eigenvalue weighted by Gasteiger charge is -2.38. The third kappa shape index (κ3) is 2.83. The quantitative estimate of drug-likeness (QED) is 0.813. The Morgan fingerprint density at radius 2 is 2.00 bits per heavy atom. The van der Waals surface area contributed by atoms with Crippen LogP contribution in [-0.2, 0) is 11.3 Å². The smallest absolute Gasteiger partial charge is 0.234 e. The monoisotopic (exact) mass is 218 g/mol. The van der Waals surface area contributed by atoms with Gasteiger partial charge in [-0.05, 0) is 19.4 Å². The maximum absolute atomic E-state index is 11.5. The van der Waals surface area contributed by atoms with Crippen molar-refractivity contribution >= 4 is 5.91 Å². The van der Waals surface area contributed by atoms with Crippen molar-refractivity contribution in [1.29, 1.82) is 0 Å². The van der Waals surface area contributed by atoms with E-state index >= 15 is 0 Å². The Labute approximate surface area is 96.5 Å². The number of amides is 1. The van der Waals surface area contributed by atoms with Crippen LogP contribution in [0.4, 0.5) is 0 Å². The molecule has 0 saturated carbocycles. The molecule has 1 fully saturated rings. The van der Waals surface area contributed by atoms with Crippen molar-refractivity contribution in [3.8, 4) is 0 Å². The lowest BCUT2D eigenvalue weighted by molar-refractivity contribution is -0.127. The average Bonchev–Trinajstić information content (AvgIpc) is 2.15. The average molecular weight is 218 g/mol. The Bertz CT molecular complexity index is 373. The molecule has 86 valence electrons. The number of hydrogen-bond acceptors (Lipinski definition) is 2. The van der Waals surface area contributed by atoms with E-state index in [1.54, 1.807) is 0 Å². The van der Waals surface area contributed by atoms with Crippen molar-refractivity contribution in [2.75, 3.05) is 13.1 Å². The Morgan fingerprint density at radius 1 is 1.31 bits per heavy atom. The van der Waals surface area contributed by atoms with Crippen LogP contribution >= 0.6 is 0 Å². The molecule has 0 bridgehead atoms. The molecule has 0 aromatic heterocycles. The summed E-state index contributed by atoms with van der Waals surface area (Å²) in [6, 6.07) is 10.3. The lowest BCUT2D eigenvalue weighted by atomic mass is 10.0. The van der Waals surface area contributed by atoms with Crippen LogP contribution in [0.25, 0.3) is 0 Å². The molecule has 0 radical (unpaired) electrons. The van der Waals surface area contributed by atoms with E-state index in [2.05, 4.69) is 36.2 Å². The first-order valence-electron chi connectivity index (χ1n) is 5.62. The van der Waals surface area contributed by atoms with Gasteiger partial charge in [-0.2, -0.15) is 0 Å². The highest BCUT2D eigenvalue weighted by Crippen LogP contribution is 2.13. The zero-order valence-electron chi connectivity index (χ0n) is 9.86. The first-order valence-corrected chi connectivity index (χ1v) is 5.62. The summed E-state index contributed by atoms with van der Waals surface area (Å²) in [7, 11) is 0. The van der Waals surface area contributed by atoms with Crippen LogP contribution in [-0.4, -0.2) is 29.4 Å². The number of rotatable bonds is 2. The maximum Gasteiger partial charge on any atom is 0.234 e. The van der Waals surface area contributed by atoms with Crippen LogP contribution in [0.3, 0.4) is 0 Å². The molecule has 0 atom stereocenters. The molecule has 1 aromatic rings. The number of hydrogen-bond donors (Lipinski definition) is 1. The first-order chi connectivity index (χ1) is 7.55. The molecule has 0 aliphatic carbocycles. The van der Waals surface area contributed by atoms with Gasteiger partial charge in [-0.15, -0.1) is 0 Å². The molecule has 1 aliphatic heterocycles. The zero-order chi connectivity index (χ0) is 11.6. The fourth-order valence-electron chi connectivity index (χ4n) is 2.23. The summed E-state index contributed by atoms with van der Waals surface area (Å²) in [5, 5.41) is 2.99. The van der Waals surface area contributed by atoms with E-state index in [4.69, 9.17) is 0 Å². The fraction of sp³-hybridized carbons (Fsp3) is 0.462. The molecule has 1 N–H and O–H groups in total. The predicted molar refractivity (Wildman–Crippen MR) is 63.9 cm³/mol. The number of nitrogens with zero attached hydrogens (tertiary/aromatic N) is 1. The van der Waals surface area contributed by atoms with Gasteiger partial charge >= 0.3 is 0 Å². The van der Waals surface area contributed by atoms with Crippen LogP contribution in [0.5, 0.6) is 0 Å². The van der Waals surface area contributed by atoms with E-state index in [0.29, 0.717) is 6.54 Å². The summed E-state index contributed by atoms with van der Waals surface area (Å²) in [4.78, 5) is 13.7. The summed E-state index contributed by atoms with van der Waals surface area (Å²) in [6.07, 6.45) is 0. The Hall–Kier alpha value is -1.35. The number of piperazine rings is 1. The molecule has 3 nitrogen and oxygen atoms in total. The topological polar surface area (TPSA) is 32.3 Å². The summed E-state index contributed by atoms with van der Waals surface area (Å²) in [5.74, 6) is 0.118. The maximum atomic E-state index is 11.5. The molecule has 1 aliphatic rings. The molecule has 1 saturated heterocycles. The van der Waals surface area contributed by atoms with E-state index in [0.717, 1.165) is 13.1 Å². The van der Waals surface area contributed by atoms with E-state index in [1.165, 1.54) is 5.56 Å². The second-order valence-corrected chi connectivity index (χ2v) is 5.06. The predicted octanol–water partition coefficient (Wildman–Crippen LogP) is 1.40. The minimum atomic E-state index is -0.121. The molecule has 16 heavy (non-hydrogen) atoms. The van der Waals surface area contributed by atoms with Crippen LogP contribution in [0.1, 0.15) is 19.4 Å². The molecule has 1 heterocycles. The van der Waals surface area contributed by atoms with Crippen molar-refractivity contribution in [2.24, 2.45) is 0 Å². The highest BCUT2D eigenvalue weighted by Gasteiger charge is 2.30. The third-order valence-corrected chi connectivity index (χ3v) is 2.71. The van der Waals surface area contributed by atoms with Gasteiger partial charge in [0.25, 0.3) is 0 Å². The minimum absolute atomic E-state index is 0.118. The van der Waals surface area contributed by atoms with Gasteiger partial charge in [-0.3, -0.25) is 9.69 Å². The Morgan fingerprint density at radius 3 is 2.62 bits per heavy atom. The second-order valence-electron chi connectivity index (χ2n) is 5.06. The van der Waals surface area contributed by atoms with E-state index in [-0.39, 0.29) is 11.4 Å².